The van der Waals surface area contributed by atoms with Crippen molar-refractivity contribution in [1.82, 2.24) is 19.7 Å². The minimum Gasteiger partial charge on any atom is -0.372 e. The number of carbonyl (C=O) groups is 1. The van der Waals surface area contributed by atoms with Gasteiger partial charge in [-0.25, -0.2) is 9.97 Å². The Hall–Kier alpha value is -2.44. The van der Waals surface area contributed by atoms with Gasteiger partial charge in [-0.2, -0.15) is 5.10 Å². The number of amides is 1. The van der Waals surface area contributed by atoms with Crippen LogP contribution < -0.4 is 10.6 Å². The van der Waals surface area contributed by atoms with Crippen molar-refractivity contribution in [3.05, 3.63) is 30.4 Å². The lowest BCUT2D eigenvalue weighted by Crippen LogP contribution is -2.14. The maximum atomic E-state index is 11.7. The largest absolute Gasteiger partial charge is 0.372 e. The van der Waals surface area contributed by atoms with Crippen molar-refractivity contribution in [3.63, 3.8) is 0 Å². The summed E-state index contributed by atoms with van der Waals surface area (Å²) in [5.41, 5.74) is 0.245. The molecule has 2 aromatic heterocycles. The van der Waals surface area contributed by atoms with E-state index in [9.17, 15) is 4.79 Å². The van der Waals surface area contributed by atoms with E-state index in [2.05, 4.69) is 25.7 Å². The molecule has 7 heteroatoms. The van der Waals surface area contributed by atoms with Gasteiger partial charge in [0, 0.05) is 26.4 Å². The van der Waals surface area contributed by atoms with Gasteiger partial charge < -0.3 is 10.6 Å². The van der Waals surface area contributed by atoms with Crippen LogP contribution in [0, 0.1) is 0 Å². The van der Waals surface area contributed by atoms with Crippen LogP contribution in [0.4, 0.5) is 11.6 Å². The summed E-state index contributed by atoms with van der Waals surface area (Å²) in [7, 11) is 3.51. The van der Waals surface area contributed by atoms with Crippen molar-refractivity contribution in [3.8, 4) is 0 Å². The summed E-state index contributed by atoms with van der Waals surface area (Å²) >= 11 is 0. The second kappa shape index (κ2) is 4.60. The van der Waals surface area contributed by atoms with Gasteiger partial charge in [-0.3, -0.25) is 9.48 Å². The van der Waals surface area contributed by atoms with Crippen LogP contribution in [-0.4, -0.2) is 32.7 Å². The third-order valence-electron chi connectivity index (χ3n) is 2.10. The molecule has 0 saturated carbocycles. The van der Waals surface area contributed by atoms with E-state index in [0.29, 0.717) is 11.6 Å². The fourth-order valence-corrected chi connectivity index (χ4v) is 1.24. The van der Waals surface area contributed by atoms with E-state index in [0.717, 1.165) is 0 Å². The summed E-state index contributed by atoms with van der Waals surface area (Å²) in [6, 6.07) is 1.70. The predicted octanol–water partition coefficient (Wildman–Crippen LogP) is 0.504. The Morgan fingerprint density at radius 2 is 2.12 bits per heavy atom. The van der Waals surface area contributed by atoms with Crippen molar-refractivity contribution in [2.75, 3.05) is 17.7 Å². The maximum absolute atomic E-state index is 11.7. The molecular weight excluding hydrogens is 220 g/mol. The second-order valence-electron chi connectivity index (χ2n) is 3.37. The van der Waals surface area contributed by atoms with E-state index in [1.54, 1.807) is 31.0 Å². The lowest BCUT2D eigenvalue weighted by atomic mass is 10.4. The summed E-state index contributed by atoms with van der Waals surface area (Å²) in [5, 5.41) is 9.48. The molecule has 2 rings (SSSR count). The third kappa shape index (κ3) is 2.57. The molecule has 0 saturated heterocycles. The van der Waals surface area contributed by atoms with Crippen molar-refractivity contribution < 1.29 is 4.79 Å². The minimum atomic E-state index is -0.334. The van der Waals surface area contributed by atoms with Crippen LogP contribution in [0.1, 0.15) is 10.5 Å². The molecule has 0 unspecified atom stereocenters. The molecule has 0 spiro atoms. The van der Waals surface area contributed by atoms with Gasteiger partial charge in [-0.05, 0) is 0 Å². The van der Waals surface area contributed by atoms with Crippen LogP contribution in [0.3, 0.4) is 0 Å². The predicted molar refractivity (Wildman–Crippen MR) is 62.7 cm³/mol. The zero-order valence-electron chi connectivity index (χ0n) is 9.51. The quantitative estimate of drug-likeness (QED) is 0.805. The fraction of sp³-hybridized carbons (Fsp3) is 0.200. The summed E-state index contributed by atoms with van der Waals surface area (Å²) < 4.78 is 1.60. The standard InChI is InChI=1S/C10H12N6O/c1-11-9-6-12-7(5-13-9)10(17)14-8-3-4-16(2)15-8/h3-6H,1-2H3,(H,11,13)(H,14,15,17). The van der Waals surface area contributed by atoms with E-state index in [1.165, 1.54) is 12.4 Å². The average Bonchev–Trinajstić information content (AvgIpc) is 2.75. The molecule has 2 heterocycles. The molecule has 2 N–H and O–H groups in total. The first-order valence-corrected chi connectivity index (χ1v) is 5.00. The van der Waals surface area contributed by atoms with Crippen LogP contribution in [0.15, 0.2) is 24.7 Å². The molecule has 0 fully saturated rings. The first-order valence-electron chi connectivity index (χ1n) is 5.00. The highest BCUT2D eigenvalue weighted by atomic mass is 16.2. The van der Waals surface area contributed by atoms with Gasteiger partial charge in [0.15, 0.2) is 5.82 Å². The Kier molecular flexibility index (Phi) is 2.99. The van der Waals surface area contributed by atoms with E-state index in [1.807, 2.05) is 0 Å². The summed E-state index contributed by atoms with van der Waals surface area (Å²) in [6.45, 7) is 0. The zero-order valence-corrected chi connectivity index (χ0v) is 9.51. The number of nitrogens with zero attached hydrogens (tertiary/aromatic N) is 4. The van der Waals surface area contributed by atoms with Crippen LogP contribution >= 0.6 is 0 Å². The molecule has 0 radical (unpaired) electrons. The molecule has 17 heavy (non-hydrogen) atoms. The smallest absolute Gasteiger partial charge is 0.277 e. The molecule has 0 aliphatic carbocycles. The molecule has 0 aromatic carbocycles. The number of aryl methyl sites for hydroxylation is 1. The molecule has 0 atom stereocenters. The Morgan fingerprint density at radius 1 is 1.29 bits per heavy atom. The molecule has 1 amide bonds. The highest BCUT2D eigenvalue weighted by Gasteiger charge is 2.09. The van der Waals surface area contributed by atoms with Crippen molar-refractivity contribution in [2.45, 2.75) is 0 Å². The van der Waals surface area contributed by atoms with Gasteiger partial charge in [-0.1, -0.05) is 0 Å². The van der Waals surface area contributed by atoms with Crippen LogP contribution in [-0.2, 0) is 7.05 Å². The topological polar surface area (TPSA) is 84.7 Å². The molecule has 88 valence electrons. The van der Waals surface area contributed by atoms with E-state index in [-0.39, 0.29) is 11.6 Å². The fourth-order valence-electron chi connectivity index (χ4n) is 1.24. The lowest BCUT2D eigenvalue weighted by Gasteiger charge is -2.02. The van der Waals surface area contributed by atoms with Crippen LogP contribution in [0.5, 0.6) is 0 Å². The molecule has 2 aromatic rings. The minimum absolute atomic E-state index is 0.245. The molecule has 0 bridgehead atoms. The Labute approximate surface area is 97.9 Å². The van der Waals surface area contributed by atoms with Crippen molar-refractivity contribution in [2.24, 2.45) is 7.05 Å². The number of anilines is 2. The number of nitrogens with one attached hydrogen (secondary N) is 2. The molecular formula is C10H12N6O. The highest BCUT2D eigenvalue weighted by molar-refractivity contribution is 6.02. The number of hydrogen-bond acceptors (Lipinski definition) is 5. The second-order valence-corrected chi connectivity index (χ2v) is 3.37. The van der Waals surface area contributed by atoms with Gasteiger partial charge >= 0.3 is 0 Å². The Morgan fingerprint density at radius 3 is 2.65 bits per heavy atom. The number of aromatic nitrogens is 4. The van der Waals surface area contributed by atoms with Gasteiger partial charge in [0.1, 0.15) is 11.5 Å². The molecule has 7 nitrogen and oxygen atoms in total. The van der Waals surface area contributed by atoms with Gasteiger partial charge in [0.2, 0.25) is 0 Å². The lowest BCUT2D eigenvalue weighted by molar-refractivity contribution is 0.102. The van der Waals surface area contributed by atoms with Gasteiger partial charge in [0.05, 0.1) is 12.4 Å². The highest BCUT2D eigenvalue weighted by Crippen LogP contribution is 2.05. The summed E-state index contributed by atoms with van der Waals surface area (Å²) in [4.78, 5) is 19.7. The monoisotopic (exact) mass is 232 g/mol. The Bertz CT molecular complexity index is 518. The van der Waals surface area contributed by atoms with Crippen LogP contribution in [0.25, 0.3) is 0 Å². The maximum Gasteiger partial charge on any atom is 0.277 e. The van der Waals surface area contributed by atoms with Gasteiger partial charge in [0.25, 0.3) is 5.91 Å². The average molecular weight is 232 g/mol. The number of carbonyl (C=O) groups excluding carboxylic acids is 1. The number of rotatable bonds is 3. The van der Waals surface area contributed by atoms with Crippen LogP contribution in [0.2, 0.25) is 0 Å². The first kappa shape index (κ1) is 11.1. The first-order chi connectivity index (χ1) is 8.19. The van der Waals surface area contributed by atoms with E-state index < -0.39 is 0 Å². The summed E-state index contributed by atoms with van der Waals surface area (Å²) in [6.07, 6.45) is 4.64. The van der Waals surface area contributed by atoms with E-state index >= 15 is 0 Å². The number of hydrogen-bond donors (Lipinski definition) is 2. The third-order valence-corrected chi connectivity index (χ3v) is 2.10. The zero-order chi connectivity index (χ0) is 12.3. The van der Waals surface area contributed by atoms with E-state index in [4.69, 9.17) is 0 Å². The molecule has 0 aliphatic rings. The molecule has 0 aliphatic heterocycles. The normalized spacial score (nSPS) is 10.0. The van der Waals surface area contributed by atoms with Crippen molar-refractivity contribution in [1.29, 1.82) is 0 Å². The summed E-state index contributed by atoms with van der Waals surface area (Å²) in [5.74, 6) is 0.759. The van der Waals surface area contributed by atoms with Crippen molar-refractivity contribution >= 4 is 17.5 Å². The Balaban J connectivity index is 2.09. The SMILES string of the molecule is CNc1cnc(C(=O)Nc2ccn(C)n2)cn1. The van der Waals surface area contributed by atoms with Gasteiger partial charge in [-0.15, -0.1) is 0 Å².